The van der Waals surface area contributed by atoms with Gasteiger partial charge in [-0.25, -0.2) is 0 Å². The molecule has 0 aliphatic rings. The van der Waals surface area contributed by atoms with Crippen molar-refractivity contribution in [3.05, 3.63) is 60.7 Å². The standard InChI is InChI=1S/C22H33O6P3/c1-5-25-30(23,26-6-2)22(31(24,27-7-3)28-8-4)19-29(20-15-11-9-12-16-20)21-17-13-10-14-18-21/h9-18,22H,5-8,19H2,1-4H3. The Morgan fingerprint density at radius 3 is 1.26 bits per heavy atom. The molecule has 0 amide bonds. The van der Waals surface area contributed by atoms with Gasteiger partial charge in [-0.1, -0.05) is 60.7 Å². The van der Waals surface area contributed by atoms with E-state index in [1.165, 1.54) is 0 Å². The van der Waals surface area contributed by atoms with Gasteiger partial charge in [0.1, 0.15) is 0 Å². The van der Waals surface area contributed by atoms with Crippen LogP contribution in [0.25, 0.3) is 0 Å². The van der Waals surface area contributed by atoms with Gasteiger partial charge in [0, 0.05) is 6.16 Å². The zero-order valence-corrected chi connectivity index (χ0v) is 21.4. The Morgan fingerprint density at radius 1 is 0.645 bits per heavy atom. The average Bonchev–Trinajstić information content (AvgIpc) is 2.76. The van der Waals surface area contributed by atoms with Crippen LogP contribution >= 0.6 is 23.1 Å². The van der Waals surface area contributed by atoms with E-state index in [1.807, 2.05) is 60.7 Å². The van der Waals surface area contributed by atoms with Crippen LogP contribution in [-0.4, -0.2) is 38.0 Å². The minimum atomic E-state index is -3.80. The molecule has 0 unspecified atom stereocenters. The molecule has 0 spiro atoms. The van der Waals surface area contributed by atoms with Crippen LogP contribution in [0.5, 0.6) is 0 Å². The van der Waals surface area contributed by atoms with Gasteiger partial charge >= 0.3 is 15.2 Å². The third-order valence-corrected chi connectivity index (χ3v) is 13.6. The smallest absolute Gasteiger partial charge is 0.308 e. The summed E-state index contributed by atoms with van der Waals surface area (Å²) < 4.78 is 50.5. The molecular formula is C22H33O6P3. The molecule has 0 heterocycles. The Balaban J connectivity index is 2.62. The highest BCUT2D eigenvalue weighted by Crippen LogP contribution is 2.72. The molecule has 0 radical (unpaired) electrons. The normalized spacial score (nSPS) is 12.6. The Kier molecular flexibility index (Phi) is 11.1. The lowest BCUT2D eigenvalue weighted by molar-refractivity contribution is 0.197. The molecule has 0 atom stereocenters. The molecule has 0 fully saturated rings. The van der Waals surface area contributed by atoms with Crippen molar-refractivity contribution in [3.8, 4) is 0 Å². The first-order chi connectivity index (χ1) is 14.9. The van der Waals surface area contributed by atoms with E-state index in [0.717, 1.165) is 10.6 Å². The van der Waals surface area contributed by atoms with E-state index in [2.05, 4.69) is 0 Å². The SMILES string of the molecule is CCOP(=O)(OCC)C(CP(c1ccccc1)c1ccccc1)P(=O)(OCC)OCC. The van der Waals surface area contributed by atoms with Gasteiger partial charge in [-0.15, -0.1) is 0 Å². The fourth-order valence-corrected chi connectivity index (χ4v) is 12.4. The summed E-state index contributed by atoms with van der Waals surface area (Å²) in [7, 11) is -8.63. The molecule has 9 heteroatoms. The summed E-state index contributed by atoms with van der Waals surface area (Å²) >= 11 is 0. The van der Waals surface area contributed by atoms with Gasteiger partial charge in [-0.3, -0.25) is 9.13 Å². The highest BCUT2D eigenvalue weighted by atomic mass is 31.2. The van der Waals surface area contributed by atoms with Crippen molar-refractivity contribution < 1.29 is 27.2 Å². The van der Waals surface area contributed by atoms with Gasteiger partial charge in [0.05, 0.1) is 26.4 Å². The lowest BCUT2D eigenvalue weighted by atomic mass is 10.4. The highest BCUT2D eigenvalue weighted by molar-refractivity contribution is 7.78. The van der Waals surface area contributed by atoms with Crippen LogP contribution < -0.4 is 10.6 Å². The van der Waals surface area contributed by atoms with Crippen molar-refractivity contribution in [3.63, 3.8) is 0 Å². The Morgan fingerprint density at radius 2 is 0.968 bits per heavy atom. The second-order valence-electron chi connectivity index (χ2n) is 6.51. The van der Waals surface area contributed by atoms with E-state index < -0.39 is 28.5 Å². The molecule has 6 nitrogen and oxygen atoms in total. The quantitative estimate of drug-likeness (QED) is 0.306. The van der Waals surface area contributed by atoms with Crippen LogP contribution in [0.15, 0.2) is 60.7 Å². The maximum Gasteiger partial charge on any atom is 0.346 e. The Hall–Kier alpha value is -0.830. The minimum Gasteiger partial charge on any atom is -0.308 e. The van der Waals surface area contributed by atoms with Crippen molar-refractivity contribution in [2.75, 3.05) is 32.6 Å². The first-order valence-electron chi connectivity index (χ1n) is 10.6. The van der Waals surface area contributed by atoms with Gasteiger partial charge < -0.3 is 18.1 Å². The summed E-state index contributed by atoms with van der Waals surface area (Å²) in [6, 6.07) is 19.9. The number of hydrogen-bond acceptors (Lipinski definition) is 6. The van der Waals surface area contributed by atoms with Crippen molar-refractivity contribution in [2.24, 2.45) is 0 Å². The van der Waals surface area contributed by atoms with Crippen molar-refractivity contribution in [1.29, 1.82) is 0 Å². The second-order valence-corrected chi connectivity index (χ2v) is 13.6. The number of rotatable bonds is 14. The van der Waals surface area contributed by atoms with Crippen LogP contribution in [0, 0.1) is 0 Å². The monoisotopic (exact) mass is 486 g/mol. The number of hydrogen-bond donors (Lipinski definition) is 0. The first-order valence-corrected chi connectivity index (χ1v) is 15.3. The van der Waals surface area contributed by atoms with E-state index in [9.17, 15) is 9.13 Å². The molecule has 0 aliphatic heterocycles. The van der Waals surface area contributed by atoms with Crippen LogP contribution in [0.1, 0.15) is 27.7 Å². The third-order valence-electron chi connectivity index (χ3n) is 4.45. The van der Waals surface area contributed by atoms with E-state index in [0.29, 0.717) is 0 Å². The molecule has 31 heavy (non-hydrogen) atoms. The summed E-state index contributed by atoms with van der Waals surface area (Å²) in [6.07, 6.45) is 0.290. The van der Waals surface area contributed by atoms with Gasteiger partial charge in [-0.2, -0.15) is 0 Å². The predicted molar refractivity (Wildman–Crippen MR) is 129 cm³/mol. The van der Waals surface area contributed by atoms with E-state index in [1.54, 1.807) is 27.7 Å². The summed E-state index contributed by atoms with van der Waals surface area (Å²) in [5.74, 6) is 0. The Bertz CT molecular complexity index is 773. The molecule has 172 valence electrons. The maximum atomic E-state index is 13.9. The fourth-order valence-electron chi connectivity index (χ4n) is 3.25. The van der Waals surface area contributed by atoms with E-state index in [4.69, 9.17) is 18.1 Å². The average molecular weight is 486 g/mol. The third kappa shape index (κ3) is 7.07. The summed E-state index contributed by atoms with van der Waals surface area (Å²) in [5.41, 5.74) is 0. The van der Waals surface area contributed by atoms with Gasteiger partial charge in [-0.05, 0) is 46.2 Å². The van der Waals surface area contributed by atoms with Crippen LogP contribution in [0.3, 0.4) is 0 Å². The van der Waals surface area contributed by atoms with E-state index >= 15 is 0 Å². The van der Waals surface area contributed by atoms with Gasteiger partial charge in [0.2, 0.25) is 0 Å². The molecule has 2 aromatic rings. The molecule has 0 N–H and O–H groups in total. The lowest BCUT2D eigenvalue weighted by Gasteiger charge is -2.33. The Labute approximate surface area is 187 Å². The molecule has 0 aliphatic carbocycles. The van der Waals surface area contributed by atoms with Crippen molar-refractivity contribution >= 4 is 33.7 Å². The molecular weight excluding hydrogens is 453 g/mol. The van der Waals surface area contributed by atoms with Crippen molar-refractivity contribution in [2.45, 2.75) is 33.1 Å². The molecule has 0 aromatic heterocycles. The zero-order chi connectivity index (χ0) is 22.7. The first kappa shape index (κ1) is 26.4. The molecule has 0 saturated carbocycles. The fraction of sp³-hybridized carbons (Fsp3) is 0.455. The lowest BCUT2D eigenvalue weighted by Crippen LogP contribution is -2.25. The van der Waals surface area contributed by atoms with Crippen molar-refractivity contribution in [1.82, 2.24) is 0 Å². The molecule has 2 aromatic carbocycles. The minimum absolute atomic E-state index is 0.167. The largest absolute Gasteiger partial charge is 0.346 e. The second kappa shape index (κ2) is 13.0. The van der Waals surface area contributed by atoms with Gasteiger partial charge in [0.15, 0.2) is 5.40 Å². The molecule has 0 saturated heterocycles. The van der Waals surface area contributed by atoms with Crippen LogP contribution in [0.2, 0.25) is 0 Å². The van der Waals surface area contributed by atoms with Crippen LogP contribution in [-0.2, 0) is 27.2 Å². The topological polar surface area (TPSA) is 71.1 Å². The number of benzene rings is 2. The predicted octanol–water partition coefficient (Wildman–Crippen LogP) is 5.98. The van der Waals surface area contributed by atoms with Gasteiger partial charge in [0.25, 0.3) is 0 Å². The molecule has 2 rings (SSSR count). The van der Waals surface area contributed by atoms with Crippen LogP contribution in [0.4, 0.5) is 0 Å². The maximum absolute atomic E-state index is 13.9. The highest BCUT2D eigenvalue weighted by Gasteiger charge is 2.51. The summed E-state index contributed by atoms with van der Waals surface area (Å²) in [4.78, 5) is 0. The summed E-state index contributed by atoms with van der Waals surface area (Å²) in [6.45, 7) is 7.64. The zero-order valence-electron chi connectivity index (χ0n) is 18.7. The summed E-state index contributed by atoms with van der Waals surface area (Å²) in [5, 5.41) is 1.12. The van der Waals surface area contributed by atoms with E-state index in [-0.39, 0.29) is 32.6 Å². The molecule has 0 bridgehead atoms.